The number of nitrogens with zero attached hydrogens (tertiary/aromatic N) is 1. The lowest BCUT2D eigenvalue weighted by Gasteiger charge is -1.93. The first kappa shape index (κ1) is 9.76. The van der Waals surface area contributed by atoms with Gasteiger partial charge in [0, 0.05) is 12.4 Å². The minimum absolute atomic E-state index is 0.714. The van der Waals surface area contributed by atoms with Gasteiger partial charge in [-0.15, -0.1) is 11.8 Å². The second-order valence-corrected chi connectivity index (χ2v) is 3.23. The maximum absolute atomic E-state index is 4.07. The van der Waals surface area contributed by atoms with E-state index < -0.39 is 0 Å². The van der Waals surface area contributed by atoms with E-state index in [1.807, 2.05) is 24.1 Å². The van der Waals surface area contributed by atoms with Crippen LogP contribution >= 0.6 is 11.8 Å². The summed E-state index contributed by atoms with van der Waals surface area (Å²) < 4.78 is 0. The first-order valence-corrected chi connectivity index (χ1v) is 4.75. The Bertz CT molecular complexity index is 116. The van der Waals surface area contributed by atoms with Crippen LogP contribution in [0.4, 0.5) is 0 Å². The van der Waals surface area contributed by atoms with Crippen molar-refractivity contribution in [1.82, 2.24) is 0 Å². The lowest BCUT2D eigenvalue weighted by Crippen LogP contribution is -1.85. The Balaban J connectivity index is 3.28. The maximum Gasteiger partial charge on any atom is 0.0326 e. The summed E-state index contributed by atoms with van der Waals surface area (Å²) in [5.74, 6) is 0.714. The molecule has 0 saturated heterocycles. The molecule has 0 unspecified atom stereocenters. The van der Waals surface area contributed by atoms with Crippen LogP contribution in [0.1, 0.15) is 20.3 Å². The Morgan fingerprint density at radius 1 is 1.50 bits per heavy atom. The fourth-order valence-corrected chi connectivity index (χ4v) is 0.621. The maximum atomic E-state index is 4.07. The molecule has 0 aromatic carbocycles. The molecule has 0 amide bonds. The van der Waals surface area contributed by atoms with Crippen LogP contribution in [-0.4, -0.2) is 12.5 Å². The first-order chi connectivity index (χ1) is 4.77. The van der Waals surface area contributed by atoms with Gasteiger partial charge in [-0.2, -0.15) is 0 Å². The lowest BCUT2D eigenvalue weighted by molar-refractivity contribution is 0.690. The molecule has 0 aliphatic heterocycles. The Hall–Kier alpha value is -0.240. The summed E-state index contributed by atoms with van der Waals surface area (Å²) in [7, 11) is 0. The number of hydrogen-bond acceptors (Lipinski definition) is 2. The molecule has 0 aromatic rings. The van der Waals surface area contributed by atoms with Crippen molar-refractivity contribution in [3.63, 3.8) is 0 Å². The van der Waals surface area contributed by atoms with Gasteiger partial charge in [-0.05, 0) is 24.0 Å². The Labute approximate surface area is 67.6 Å². The van der Waals surface area contributed by atoms with Crippen molar-refractivity contribution in [2.24, 2.45) is 10.9 Å². The Kier molecular flexibility index (Phi) is 6.71. The van der Waals surface area contributed by atoms with Gasteiger partial charge in [0.05, 0.1) is 0 Å². The van der Waals surface area contributed by atoms with Crippen molar-refractivity contribution in [3.8, 4) is 0 Å². The average molecular weight is 157 g/mol. The molecule has 2 heteroatoms. The highest BCUT2D eigenvalue weighted by atomic mass is 32.2. The molecule has 0 rings (SSSR count). The summed E-state index contributed by atoms with van der Waals surface area (Å²) in [6.45, 7) is 4.37. The van der Waals surface area contributed by atoms with E-state index in [0.29, 0.717) is 5.92 Å². The molecule has 10 heavy (non-hydrogen) atoms. The molecule has 0 fully saturated rings. The van der Waals surface area contributed by atoms with Crippen molar-refractivity contribution < 1.29 is 0 Å². The normalized spacial score (nSPS) is 12.4. The van der Waals surface area contributed by atoms with Gasteiger partial charge in [-0.3, -0.25) is 4.99 Å². The number of rotatable bonds is 4. The van der Waals surface area contributed by atoms with Gasteiger partial charge in [0.15, 0.2) is 0 Å². The van der Waals surface area contributed by atoms with Gasteiger partial charge < -0.3 is 0 Å². The minimum atomic E-state index is 0.714. The molecule has 0 spiro atoms. The van der Waals surface area contributed by atoms with Gasteiger partial charge in [0.2, 0.25) is 0 Å². The van der Waals surface area contributed by atoms with Crippen LogP contribution in [0, 0.1) is 5.92 Å². The number of thioether (sulfide) groups is 1. The standard InChI is InChI=1S/C8H15NS/c1-8(2)4-5-9-6-7-10-3/h5-8H,4H2,1-3H3/b7-6-,9-5?. The number of aliphatic imine (C=N–C) groups is 1. The van der Waals surface area contributed by atoms with Gasteiger partial charge in [-0.25, -0.2) is 0 Å². The smallest absolute Gasteiger partial charge is 0.0326 e. The van der Waals surface area contributed by atoms with Crippen molar-refractivity contribution in [3.05, 3.63) is 11.6 Å². The van der Waals surface area contributed by atoms with Crippen LogP contribution in [0.15, 0.2) is 16.6 Å². The van der Waals surface area contributed by atoms with Gasteiger partial charge in [0.1, 0.15) is 0 Å². The van der Waals surface area contributed by atoms with Crippen molar-refractivity contribution in [2.45, 2.75) is 20.3 Å². The third-order valence-electron chi connectivity index (χ3n) is 0.965. The number of hydrogen-bond donors (Lipinski definition) is 0. The van der Waals surface area contributed by atoms with E-state index in [1.54, 1.807) is 11.8 Å². The van der Waals surface area contributed by atoms with Crippen LogP contribution in [-0.2, 0) is 0 Å². The molecule has 0 aliphatic rings. The van der Waals surface area contributed by atoms with E-state index in [2.05, 4.69) is 18.8 Å². The lowest BCUT2D eigenvalue weighted by atomic mass is 10.2. The van der Waals surface area contributed by atoms with Crippen LogP contribution in [0.2, 0.25) is 0 Å². The summed E-state index contributed by atoms with van der Waals surface area (Å²) in [5.41, 5.74) is 0. The van der Waals surface area contributed by atoms with Gasteiger partial charge in [0.25, 0.3) is 0 Å². The van der Waals surface area contributed by atoms with Crippen LogP contribution < -0.4 is 0 Å². The van der Waals surface area contributed by atoms with Gasteiger partial charge in [-0.1, -0.05) is 13.8 Å². The highest BCUT2D eigenvalue weighted by Crippen LogP contribution is 1.96. The van der Waals surface area contributed by atoms with E-state index in [9.17, 15) is 0 Å². The molecule has 0 heterocycles. The summed E-state index contributed by atoms with van der Waals surface area (Å²) in [6, 6.07) is 0. The fourth-order valence-electron chi connectivity index (χ4n) is 0.429. The van der Waals surface area contributed by atoms with E-state index in [-0.39, 0.29) is 0 Å². The quantitative estimate of drug-likeness (QED) is 0.571. The monoisotopic (exact) mass is 157 g/mol. The molecule has 58 valence electrons. The Morgan fingerprint density at radius 3 is 2.70 bits per heavy atom. The van der Waals surface area contributed by atoms with E-state index in [0.717, 1.165) is 6.42 Å². The predicted molar refractivity (Wildman–Crippen MR) is 50.6 cm³/mol. The molecule has 0 aromatic heterocycles. The minimum Gasteiger partial charge on any atom is -0.269 e. The van der Waals surface area contributed by atoms with Crippen molar-refractivity contribution in [1.29, 1.82) is 0 Å². The zero-order valence-electron chi connectivity index (χ0n) is 6.87. The van der Waals surface area contributed by atoms with Crippen LogP contribution in [0.5, 0.6) is 0 Å². The zero-order chi connectivity index (χ0) is 7.82. The average Bonchev–Trinajstić information content (AvgIpc) is 1.87. The molecule has 0 atom stereocenters. The summed E-state index contributed by atoms with van der Waals surface area (Å²) in [6.07, 6.45) is 6.87. The molecular formula is C8H15NS. The Morgan fingerprint density at radius 2 is 2.20 bits per heavy atom. The molecule has 0 bridgehead atoms. The highest BCUT2D eigenvalue weighted by Gasteiger charge is 1.85. The summed E-state index contributed by atoms with van der Waals surface area (Å²) in [5, 5.41) is 1.97. The third-order valence-corrected chi connectivity index (χ3v) is 1.36. The SMILES string of the molecule is CS/C=C\N=CCC(C)C. The van der Waals surface area contributed by atoms with E-state index in [1.165, 1.54) is 0 Å². The molecule has 0 N–H and O–H groups in total. The van der Waals surface area contributed by atoms with Gasteiger partial charge >= 0.3 is 0 Å². The largest absolute Gasteiger partial charge is 0.269 e. The van der Waals surface area contributed by atoms with Crippen molar-refractivity contribution in [2.75, 3.05) is 6.26 Å². The van der Waals surface area contributed by atoms with Crippen LogP contribution in [0.3, 0.4) is 0 Å². The second kappa shape index (κ2) is 6.87. The third kappa shape index (κ3) is 7.76. The summed E-state index contributed by atoms with van der Waals surface area (Å²) >= 11 is 1.67. The van der Waals surface area contributed by atoms with E-state index in [4.69, 9.17) is 0 Å². The van der Waals surface area contributed by atoms with Crippen LogP contribution in [0.25, 0.3) is 0 Å². The molecule has 0 radical (unpaired) electrons. The molecule has 0 aliphatic carbocycles. The predicted octanol–water partition coefficient (Wildman–Crippen LogP) is 2.94. The topological polar surface area (TPSA) is 12.4 Å². The van der Waals surface area contributed by atoms with E-state index >= 15 is 0 Å². The molecular weight excluding hydrogens is 142 g/mol. The second-order valence-electron chi connectivity index (χ2n) is 2.48. The zero-order valence-corrected chi connectivity index (χ0v) is 7.69. The fraction of sp³-hybridized carbons (Fsp3) is 0.625. The van der Waals surface area contributed by atoms with Crippen molar-refractivity contribution >= 4 is 18.0 Å². The molecule has 0 saturated carbocycles. The molecule has 1 nitrogen and oxygen atoms in total. The first-order valence-electron chi connectivity index (χ1n) is 3.46. The highest BCUT2D eigenvalue weighted by molar-refractivity contribution is 8.01. The summed E-state index contributed by atoms with van der Waals surface area (Å²) in [4.78, 5) is 4.07.